The van der Waals surface area contributed by atoms with Crippen LogP contribution in [0.25, 0.3) is 0 Å². The van der Waals surface area contributed by atoms with Crippen LogP contribution < -0.4 is 4.74 Å². The Morgan fingerprint density at radius 2 is 2.20 bits per heavy atom. The number of methoxy groups -OCH3 is 1. The number of rotatable bonds is 3. The molecule has 25 heavy (non-hydrogen) atoms. The fourth-order valence-corrected chi connectivity index (χ4v) is 6.10. The molecule has 1 aromatic carbocycles. The van der Waals surface area contributed by atoms with Crippen LogP contribution in [0.5, 0.6) is 11.5 Å². The molecule has 2 saturated carbocycles. The zero-order valence-electron chi connectivity index (χ0n) is 15.3. The van der Waals surface area contributed by atoms with Crippen molar-refractivity contribution in [2.45, 2.75) is 51.4 Å². The van der Waals surface area contributed by atoms with Crippen molar-refractivity contribution < 1.29 is 14.6 Å². The van der Waals surface area contributed by atoms with E-state index in [1.165, 1.54) is 11.1 Å². The van der Waals surface area contributed by atoms with Crippen LogP contribution in [0.1, 0.15) is 56.1 Å². The third kappa shape index (κ3) is 2.35. The molecular weight excluding hydrogens is 312 g/mol. The first kappa shape index (κ1) is 16.7. The summed E-state index contributed by atoms with van der Waals surface area (Å²) in [6, 6.07) is 3.93. The second kappa shape index (κ2) is 5.89. The highest BCUT2D eigenvalue weighted by Crippen LogP contribution is 2.61. The summed E-state index contributed by atoms with van der Waals surface area (Å²) in [6.07, 6.45) is 7.90. The van der Waals surface area contributed by atoms with Gasteiger partial charge in [0, 0.05) is 11.3 Å². The van der Waals surface area contributed by atoms with E-state index in [4.69, 9.17) is 4.74 Å². The number of ether oxygens (including phenoxy) is 1. The average molecular weight is 340 g/mol. The fraction of sp³-hybridized carbons (Fsp3) is 0.591. The molecule has 1 aromatic rings. The average Bonchev–Trinajstić information content (AvgIpc) is 2.86. The monoisotopic (exact) mass is 340 g/mol. The van der Waals surface area contributed by atoms with Crippen molar-refractivity contribution in [3.63, 3.8) is 0 Å². The second-order valence-electron chi connectivity index (χ2n) is 8.42. The molecule has 0 heterocycles. The van der Waals surface area contributed by atoms with Gasteiger partial charge in [0.1, 0.15) is 5.78 Å². The minimum absolute atomic E-state index is 0.145. The molecule has 0 saturated heterocycles. The molecule has 0 spiro atoms. The maximum Gasteiger partial charge on any atom is 0.160 e. The maximum atomic E-state index is 13.0. The van der Waals surface area contributed by atoms with E-state index in [1.807, 2.05) is 18.2 Å². The van der Waals surface area contributed by atoms with Gasteiger partial charge in [0.2, 0.25) is 0 Å². The third-order valence-corrected chi connectivity index (χ3v) is 7.34. The van der Waals surface area contributed by atoms with E-state index >= 15 is 0 Å². The molecule has 1 N–H and O–H groups in total. The quantitative estimate of drug-likeness (QED) is 0.816. The second-order valence-corrected chi connectivity index (χ2v) is 8.42. The summed E-state index contributed by atoms with van der Waals surface area (Å²) in [5.74, 6) is 3.00. The van der Waals surface area contributed by atoms with E-state index in [-0.39, 0.29) is 17.1 Å². The number of benzene rings is 1. The van der Waals surface area contributed by atoms with E-state index in [1.54, 1.807) is 7.11 Å². The molecule has 0 radical (unpaired) electrons. The van der Waals surface area contributed by atoms with Crippen LogP contribution in [0.4, 0.5) is 0 Å². The summed E-state index contributed by atoms with van der Waals surface area (Å²) in [4.78, 5) is 13.0. The zero-order chi connectivity index (χ0) is 17.8. The molecule has 0 aromatic heterocycles. The van der Waals surface area contributed by atoms with E-state index in [0.29, 0.717) is 29.3 Å². The molecule has 3 aliphatic rings. The third-order valence-electron chi connectivity index (χ3n) is 7.34. The number of carbonyl (C=O) groups is 1. The molecule has 5 atom stereocenters. The van der Waals surface area contributed by atoms with Crippen LogP contribution in [0.2, 0.25) is 0 Å². The molecule has 3 aliphatic carbocycles. The lowest BCUT2D eigenvalue weighted by Crippen LogP contribution is -2.42. The maximum absolute atomic E-state index is 13.0. The lowest BCUT2D eigenvalue weighted by molar-refractivity contribution is -0.131. The molecule has 4 rings (SSSR count). The smallest absolute Gasteiger partial charge is 0.160 e. The van der Waals surface area contributed by atoms with Crippen molar-refractivity contribution in [1.82, 2.24) is 0 Å². The van der Waals surface area contributed by atoms with Gasteiger partial charge in [0.25, 0.3) is 0 Å². The van der Waals surface area contributed by atoms with Crippen LogP contribution in [0, 0.1) is 23.2 Å². The predicted molar refractivity (Wildman–Crippen MR) is 98.0 cm³/mol. The Hall–Kier alpha value is -1.77. The largest absolute Gasteiger partial charge is 0.504 e. The summed E-state index contributed by atoms with van der Waals surface area (Å²) in [5, 5.41) is 10.1. The molecular formula is C22H28O3. The number of carbonyl (C=O) groups excluding carboxylic acids is 1. The number of allylic oxidation sites excluding steroid dienone is 1. The van der Waals surface area contributed by atoms with E-state index < -0.39 is 0 Å². The molecule has 0 amide bonds. The van der Waals surface area contributed by atoms with Crippen LogP contribution in [0.3, 0.4) is 0 Å². The van der Waals surface area contributed by atoms with Crippen molar-refractivity contribution in [2.75, 3.05) is 7.11 Å². The molecule has 3 heteroatoms. The summed E-state index contributed by atoms with van der Waals surface area (Å²) in [5.41, 5.74) is 2.45. The lowest BCUT2D eigenvalue weighted by atomic mass is 9.55. The minimum Gasteiger partial charge on any atom is -0.504 e. The Kier molecular flexibility index (Phi) is 3.93. The van der Waals surface area contributed by atoms with Crippen molar-refractivity contribution in [1.29, 1.82) is 0 Å². The van der Waals surface area contributed by atoms with Crippen LogP contribution in [-0.4, -0.2) is 18.0 Å². The summed E-state index contributed by atoms with van der Waals surface area (Å²) < 4.78 is 5.35. The number of aryl methyl sites for hydroxylation is 1. The van der Waals surface area contributed by atoms with Crippen molar-refractivity contribution in [3.8, 4) is 11.5 Å². The zero-order valence-corrected chi connectivity index (χ0v) is 15.3. The van der Waals surface area contributed by atoms with Gasteiger partial charge in [-0.25, -0.2) is 0 Å². The Balaban J connectivity index is 1.70. The van der Waals surface area contributed by atoms with E-state index in [9.17, 15) is 9.90 Å². The van der Waals surface area contributed by atoms with Crippen molar-refractivity contribution in [2.24, 2.45) is 23.2 Å². The van der Waals surface area contributed by atoms with E-state index in [0.717, 1.165) is 38.5 Å². The van der Waals surface area contributed by atoms with Gasteiger partial charge in [-0.1, -0.05) is 13.0 Å². The SMILES string of the molecule is C=CC[C@H]1C[C@H]2[C@@H]3CCc4cc(O)c(OC)cc4[C@H]3CC[C@]2(C)C1=O. The van der Waals surface area contributed by atoms with Crippen LogP contribution in [-0.2, 0) is 11.2 Å². The normalized spacial score (nSPS) is 36.3. The van der Waals surface area contributed by atoms with Gasteiger partial charge >= 0.3 is 0 Å². The number of ketones is 1. The topological polar surface area (TPSA) is 46.5 Å². The Morgan fingerprint density at radius 1 is 1.40 bits per heavy atom. The molecule has 134 valence electrons. The number of hydrogen-bond donors (Lipinski definition) is 1. The van der Waals surface area contributed by atoms with Gasteiger partial charge in [-0.05, 0) is 79.5 Å². The Labute approximate surface area is 150 Å². The first-order valence-electron chi connectivity index (χ1n) is 9.54. The van der Waals surface area contributed by atoms with Gasteiger partial charge in [0.05, 0.1) is 7.11 Å². The highest BCUT2D eigenvalue weighted by molar-refractivity contribution is 5.89. The summed E-state index contributed by atoms with van der Waals surface area (Å²) in [7, 11) is 1.61. The standard InChI is InChI=1S/C22H28O3/c1-4-5-14-10-18-16-7-6-13-11-19(23)20(25-3)12-17(13)15(16)8-9-22(18,2)21(14)24/h4,11-12,14-16,18,23H,1,5-10H2,2-3H3/t14-,15-,16+,18-,22-/m0/s1. The Morgan fingerprint density at radius 3 is 2.92 bits per heavy atom. The van der Waals surface area contributed by atoms with Gasteiger partial charge in [-0.3, -0.25) is 4.79 Å². The van der Waals surface area contributed by atoms with Gasteiger partial charge in [0.15, 0.2) is 11.5 Å². The molecule has 0 aliphatic heterocycles. The highest BCUT2D eigenvalue weighted by Gasteiger charge is 2.57. The number of Topliss-reactive ketones (excluding diaryl/α,β-unsaturated/α-hetero) is 1. The molecule has 0 bridgehead atoms. The fourth-order valence-electron chi connectivity index (χ4n) is 6.10. The molecule has 2 fully saturated rings. The Bertz CT molecular complexity index is 722. The molecule has 3 nitrogen and oxygen atoms in total. The first-order valence-corrected chi connectivity index (χ1v) is 9.54. The van der Waals surface area contributed by atoms with Crippen molar-refractivity contribution in [3.05, 3.63) is 35.9 Å². The number of phenolic OH excluding ortho intramolecular Hbond substituents is 1. The predicted octanol–water partition coefficient (Wildman–Crippen LogP) is 4.63. The van der Waals surface area contributed by atoms with Crippen LogP contribution in [0.15, 0.2) is 24.8 Å². The van der Waals surface area contributed by atoms with Crippen LogP contribution >= 0.6 is 0 Å². The van der Waals surface area contributed by atoms with Gasteiger partial charge in [-0.15, -0.1) is 6.58 Å². The number of aromatic hydroxyl groups is 1. The number of fused-ring (bicyclic) bond motifs is 5. The number of phenols is 1. The van der Waals surface area contributed by atoms with Gasteiger partial charge < -0.3 is 9.84 Å². The summed E-state index contributed by atoms with van der Waals surface area (Å²) >= 11 is 0. The first-order chi connectivity index (χ1) is 12.0. The van der Waals surface area contributed by atoms with E-state index in [2.05, 4.69) is 13.5 Å². The highest BCUT2D eigenvalue weighted by atomic mass is 16.5. The summed E-state index contributed by atoms with van der Waals surface area (Å²) in [6.45, 7) is 6.06. The minimum atomic E-state index is -0.145. The van der Waals surface area contributed by atoms with Gasteiger partial charge in [-0.2, -0.15) is 0 Å². The number of hydrogen-bond acceptors (Lipinski definition) is 3. The lowest BCUT2D eigenvalue weighted by Gasteiger charge is -2.48. The van der Waals surface area contributed by atoms with Crippen molar-refractivity contribution >= 4 is 5.78 Å². The molecule has 0 unspecified atom stereocenters.